The minimum absolute atomic E-state index is 0.476. The van der Waals surface area contributed by atoms with Crippen molar-refractivity contribution in [2.75, 3.05) is 36.9 Å². The summed E-state index contributed by atoms with van der Waals surface area (Å²) in [5.74, 6) is -1.15. The zero-order valence-electron chi connectivity index (χ0n) is 15.7. The van der Waals surface area contributed by atoms with Crippen molar-refractivity contribution in [2.45, 2.75) is 25.7 Å². The quantitative estimate of drug-likeness (QED) is 0.827. The zero-order chi connectivity index (χ0) is 19.1. The maximum absolute atomic E-state index is 12.3. The first-order chi connectivity index (χ1) is 13.1. The first-order valence-electron chi connectivity index (χ1n) is 9.44. The van der Waals surface area contributed by atoms with Gasteiger partial charge in [-0.2, -0.15) is 0 Å². The van der Waals surface area contributed by atoms with Gasteiger partial charge in [0, 0.05) is 50.5 Å². The number of nitrogens with zero attached hydrogens (tertiary/aromatic N) is 3. The van der Waals surface area contributed by atoms with Crippen molar-refractivity contribution in [3.63, 3.8) is 0 Å². The molecule has 1 N–H and O–H groups in total. The topological polar surface area (TPSA) is 65.5 Å². The molecule has 0 unspecified atom stereocenters. The van der Waals surface area contributed by atoms with Crippen LogP contribution in [0.5, 0.6) is 0 Å². The Balaban J connectivity index is 1.50. The first kappa shape index (κ1) is 18.9. The molecule has 1 aliphatic heterocycles. The van der Waals surface area contributed by atoms with Gasteiger partial charge in [-0.05, 0) is 67.6 Å². The third-order valence-electron chi connectivity index (χ3n) is 4.87. The summed E-state index contributed by atoms with van der Waals surface area (Å²) in [5.41, 5.74) is 2.88. The van der Waals surface area contributed by atoms with Crippen LogP contribution < -0.4 is 10.2 Å². The van der Waals surface area contributed by atoms with Gasteiger partial charge in [-0.15, -0.1) is 0 Å². The van der Waals surface area contributed by atoms with Gasteiger partial charge < -0.3 is 15.1 Å². The van der Waals surface area contributed by atoms with E-state index in [1.165, 1.54) is 24.2 Å². The van der Waals surface area contributed by atoms with Crippen molar-refractivity contribution >= 4 is 23.2 Å². The number of rotatable bonds is 5. The van der Waals surface area contributed by atoms with Crippen molar-refractivity contribution in [1.82, 2.24) is 9.88 Å². The Kier molecular flexibility index (Phi) is 6.41. The highest BCUT2D eigenvalue weighted by molar-refractivity contribution is 6.39. The number of carbonyl (C=O) groups is 2. The fourth-order valence-corrected chi connectivity index (χ4v) is 3.21. The van der Waals surface area contributed by atoms with Crippen molar-refractivity contribution < 1.29 is 9.59 Å². The lowest BCUT2D eigenvalue weighted by Gasteiger charge is -2.28. The average Bonchev–Trinajstić information content (AvgIpc) is 2.73. The summed E-state index contributed by atoms with van der Waals surface area (Å²) < 4.78 is 0. The van der Waals surface area contributed by atoms with Gasteiger partial charge in [-0.3, -0.25) is 14.6 Å². The fourth-order valence-electron chi connectivity index (χ4n) is 3.21. The number of pyridine rings is 1. The van der Waals surface area contributed by atoms with E-state index in [-0.39, 0.29) is 0 Å². The van der Waals surface area contributed by atoms with E-state index in [1.807, 2.05) is 36.4 Å². The largest absolute Gasteiger partial charge is 0.372 e. The molecule has 0 atom stereocenters. The van der Waals surface area contributed by atoms with E-state index in [2.05, 4.69) is 15.2 Å². The Bertz CT molecular complexity index is 756. The fraction of sp³-hybridized carbons (Fsp3) is 0.381. The molecule has 1 aromatic carbocycles. The van der Waals surface area contributed by atoms with Crippen molar-refractivity contribution in [2.24, 2.45) is 0 Å². The summed E-state index contributed by atoms with van der Waals surface area (Å²) >= 11 is 0. The van der Waals surface area contributed by atoms with Crippen LogP contribution >= 0.6 is 0 Å². The van der Waals surface area contributed by atoms with Gasteiger partial charge in [0.1, 0.15) is 0 Å². The van der Waals surface area contributed by atoms with Gasteiger partial charge in [0.25, 0.3) is 0 Å². The molecule has 0 spiro atoms. The van der Waals surface area contributed by atoms with Crippen LogP contribution in [0.2, 0.25) is 0 Å². The van der Waals surface area contributed by atoms with Gasteiger partial charge >= 0.3 is 11.8 Å². The molecule has 2 heterocycles. The van der Waals surface area contributed by atoms with E-state index < -0.39 is 11.8 Å². The Morgan fingerprint density at radius 3 is 2.37 bits per heavy atom. The number of piperidine rings is 1. The molecule has 0 radical (unpaired) electrons. The number of hydrogen-bond acceptors (Lipinski definition) is 4. The molecule has 1 aromatic heterocycles. The highest BCUT2D eigenvalue weighted by atomic mass is 16.2. The van der Waals surface area contributed by atoms with Gasteiger partial charge in [-0.1, -0.05) is 0 Å². The summed E-state index contributed by atoms with van der Waals surface area (Å²) in [5, 5.41) is 2.69. The summed E-state index contributed by atoms with van der Waals surface area (Å²) in [4.78, 5) is 32.3. The van der Waals surface area contributed by atoms with Crippen molar-refractivity contribution in [3.05, 3.63) is 54.4 Å². The second kappa shape index (κ2) is 9.16. The summed E-state index contributed by atoms with van der Waals surface area (Å²) in [6.07, 6.45) is 7.86. The molecule has 0 aliphatic carbocycles. The number of benzene rings is 1. The molecule has 1 fully saturated rings. The molecule has 1 saturated heterocycles. The van der Waals surface area contributed by atoms with Crippen molar-refractivity contribution in [1.29, 1.82) is 0 Å². The molecule has 2 amide bonds. The van der Waals surface area contributed by atoms with Gasteiger partial charge in [-0.25, -0.2) is 0 Å². The lowest BCUT2D eigenvalue weighted by Crippen LogP contribution is -2.38. The molecule has 0 bridgehead atoms. The smallest absolute Gasteiger partial charge is 0.313 e. The molecular weight excluding hydrogens is 340 g/mol. The first-order valence-corrected chi connectivity index (χ1v) is 9.44. The van der Waals surface area contributed by atoms with Crippen LogP contribution in [-0.2, 0) is 16.0 Å². The molecule has 27 heavy (non-hydrogen) atoms. The molecule has 0 saturated carbocycles. The second-order valence-electron chi connectivity index (χ2n) is 6.88. The maximum Gasteiger partial charge on any atom is 0.313 e. The molecule has 2 aromatic rings. The predicted octanol–water partition coefficient (Wildman–Crippen LogP) is 2.71. The number of nitrogens with one attached hydrogen (secondary N) is 1. The molecule has 3 rings (SSSR count). The van der Waals surface area contributed by atoms with E-state index in [9.17, 15) is 9.59 Å². The predicted molar refractivity (Wildman–Crippen MR) is 107 cm³/mol. The number of anilines is 2. The number of amides is 2. The highest BCUT2D eigenvalue weighted by Gasteiger charge is 2.19. The minimum atomic E-state index is -0.613. The molecule has 1 aliphatic rings. The van der Waals surface area contributed by atoms with Gasteiger partial charge in [0.2, 0.25) is 0 Å². The van der Waals surface area contributed by atoms with Crippen LogP contribution in [0.4, 0.5) is 11.4 Å². The lowest BCUT2D eigenvalue weighted by molar-refractivity contribution is -0.142. The number of aromatic nitrogens is 1. The minimum Gasteiger partial charge on any atom is -0.372 e. The normalized spacial score (nSPS) is 13.9. The van der Waals surface area contributed by atoms with E-state index in [0.717, 1.165) is 24.3 Å². The molecule has 142 valence electrons. The van der Waals surface area contributed by atoms with Crippen LogP contribution in [-0.4, -0.2) is 48.4 Å². The Hall–Kier alpha value is -2.89. The standard InChI is InChI=1S/C21H26N4O2/c1-24(16-11-17-9-12-22-13-10-17)21(27)20(26)23-18-5-7-19(8-6-18)25-14-3-2-4-15-25/h5-10,12-13H,2-4,11,14-16H2,1H3,(H,23,26). The third kappa shape index (κ3) is 5.29. The molecule has 6 nitrogen and oxygen atoms in total. The van der Waals surface area contributed by atoms with E-state index in [4.69, 9.17) is 0 Å². The summed E-state index contributed by atoms with van der Waals surface area (Å²) in [7, 11) is 1.64. The average molecular weight is 366 g/mol. The van der Waals surface area contributed by atoms with Crippen LogP contribution in [0.3, 0.4) is 0 Å². The number of likely N-dealkylation sites (N-methyl/N-ethyl adjacent to an activating group) is 1. The number of carbonyl (C=O) groups excluding carboxylic acids is 2. The molecule has 6 heteroatoms. The Morgan fingerprint density at radius 2 is 1.70 bits per heavy atom. The van der Waals surface area contributed by atoms with E-state index in [1.54, 1.807) is 19.4 Å². The summed E-state index contributed by atoms with van der Waals surface area (Å²) in [6.45, 7) is 2.63. The molecular formula is C21H26N4O2. The third-order valence-corrected chi connectivity index (χ3v) is 4.87. The van der Waals surface area contributed by atoms with Gasteiger partial charge in [0.15, 0.2) is 0 Å². The van der Waals surface area contributed by atoms with E-state index >= 15 is 0 Å². The van der Waals surface area contributed by atoms with Gasteiger partial charge in [0.05, 0.1) is 0 Å². The van der Waals surface area contributed by atoms with Crippen LogP contribution in [0.25, 0.3) is 0 Å². The highest BCUT2D eigenvalue weighted by Crippen LogP contribution is 2.21. The Labute approximate surface area is 160 Å². The maximum atomic E-state index is 12.3. The summed E-state index contributed by atoms with van der Waals surface area (Å²) in [6, 6.07) is 11.5. The van der Waals surface area contributed by atoms with Crippen LogP contribution in [0.15, 0.2) is 48.8 Å². The lowest BCUT2D eigenvalue weighted by atomic mass is 10.1. The van der Waals surface area contributed by atoms with Crippen LogP contribution in [0.1, 0.15) is 24.8 Å². The van der Waals surface area contributed by atoms with E-state index in [0.29, 0.717) is 18.7 Å². The zero-order valence-corrected chi connectivity index (χ0v) is 15.7. The Morgan fingerprint density at radius 1 is 1.04 bits per heavy atom. The monoisotopic (exact) mass is 366 g/mol. The van der Waals surface area contributed by atoms with Crippen LogP contribution in [0, 0.1) is 0 Å². The number of hydrogen-bond donors (Lipinski definition) is 1. The van der Waals surface area contributed by atoms with Crippen molar-refractivity contribution in [3.8, 4) is 0 Å². The SMILES string of the molecule is CN(CCc1ccncc1)C(=O)C(=O)Nc1ccc(N2CCCCC2)cc1. The second-order valence-corrected chi connectivity index (χ2v) is 6.88.